The van der Waals surface area contributed by atoms with Gasteiger partial charge < -0.3 is 10.2 Å². The first-order chi connectivity index (χ1) is 13.3. The van der Waals surface area contributed by atoms with Crippen molar-refractivity contribution in [1.29, 1.82) is 0 Å². The smallest absolute Gasteiger partial charge is 0.306 e. The monoisotopic (exact) mass is 389 g/mol. The van der Waals surface area contributed by atoms with Gasteiger partial charge in [-0.2, -0.15) is 4.39 Å². The van der Waals surface area contributed by atoms with Gasteiger partial charge in [-0.05, 0) is 49.2 Å². The summed E-state index contributed by atoms with van der Waals surface area (Å²) in [5, 5.41) is 13.4. The molecule has 1 fully saturated rings. The van der Waals surface area contributed by atoms with Gasteiger partial charge in [-0.3, -0.25) is 19.7 Å². The van der Waals surface area contributed by atoms with E-state index in [2.05, 4.69) is 5.32 Å². The molecular weight excluding hydrogens is 372 g/mol. The maximum absolute atomic E-state index is 13.4. The standard InChI is InChI=1S/C19H17F2N3O4/c20-14-3-1-13(2-4-14)19(26)23-9-7-12(8-10-23)18(25)22-15-5-6-16(21)17(11-15)24(27)28/h1-6,11-12H,7-10H2,(H,22,25). The summed E-state index contributed by atoms with van der Waals surface area (Å²) < 4.78 is 26.4. The number of carbonyl (C=O) groups excluding carboxylic acids is 2. The Morgan fingerprint density at radius 3 is 2.32 bits per heavy atom. The predicted octanol–water partition coefficient (Wildman–Crippen LogP) is 3.36. The summed E-state index contributed by atoms with van der Waals surface area (Å²) in [4.78, 5) is 36.3. The molecule has 146 valence electrons. The molecule has 0 aliphatic carbocycles. The largest absolute Gasteiger partial charge is 0.339 e. The molecule has 2 aromatic carbocycles. The molecule has 0 saturated carbocycles. The number of hydrogen-bond acceptors (Lipinski definition) is 4. The van der Waals surface area contributed by atoms with Crippen LogP contribution in [-0.4, -0.2) is 34.7 Å². The highest BCUT2D eigenvalue weighted by atomic mass is 19.1. The highest BCUT2D eigenvalue weighted by Gasteiger charge is 2.28. The van der Waals surface area contributed by atoms with Crippen molar-refractivity contribution in [3.05, 3.63) is 69.8 Å². The van der Waals surface area contributed by atoms with Crippen molar-refractivity contribution in [2.75, 3.05) is 18.4 Å². The second kappa shape index (κ2) is 8.12. The molecule has 2 aromatic rings. The van der Waals surface area contributed by atoms with Crippen LogP contribution in [0.25, 0.3) is 0 Å². The van der Waals surface area contributed by atoms with Gasteiger partial charge in [0.2, 0.25) is 11.7 Å². The average molecular weight is 389 g/mol. The Morgan fingerprint density at radius 2 is 1.71 bits per heavy atom. The van der Waals surface area contributed by atoms with Crippen LogP contribution in [0.2, 0.25) is 0 Å². The molecule has 3 rings (SSSR count). The van der Waals surface area contributed by atoms with Crippen molar-refractivity contribution in [2.45, 2.75) is 12.8 Å². The van der Waals surface area contributed by atoms with Gasteiger partial charge >= 0.3 is 5.69 Å². The predicted molar refractivity (Wildman–Crippen MR) is 96.7 cm³/mol. The first-order valence-electron chi connectivity index (χ1n) is 8.65. The lowest BCUT2D eigenvalue weighted by molar-refractivity contribution is -0.387. The highest BCUT2D eigenvalue weighted by Crippen LogP contribution is 2.24. The second-order valence-corrected chi connectivity index (χ2v) is 6.49. The van der Waals surface area contributed by atoms with E-state index in [0.717, 1.165) is 12.1 Å². The van der Waals surface area contributed by atoms with E-state index < -0.39 is 22.2 Å². The second-order valence-electron chi connectivity index (χ2n) is 6.49. The van der Waals surface area contributed by atoms with Gasteiger partial charge in [0.05, 0.1) is 4.92 Å². The third-order valence-electron chi connectivity index (χ3n) is 4.65. The van der Waals surface area contributed by atoms with E-state index in [1.54, 1.807) is 4.90 Å². The quantitative estimate of drug-likeness (QED) is 0.641. The van der Waals surface area contributed by atoms with Crippen LogP contribution >= 0.6 is 0 Å². The van der Waals surface area contributed by atoms with Crippen molar-refractivity contribution in [1.82, 2.24) is 4.90 Å². The molecule has 7 nitrogen and oxygen atoms in total. The van der Waals surface area contributed by atoms with Gasteiger partial charge in [-0.25, -0.2) is 4.39 Å². The zero-order valence-electron chi connectivity index (χ0n) is 14.7. The van der Waals surface area contributed by atoms with Crippen LogP contribution in [0.4, 0.5) is 20.2 Å². The molecule has 0 unspecified atom stereocenters. The zero-order chi connectivity index (χ0) is 20.3. The minimum atomic E-state index is -0.976. The number of likely N-dealkylation sites (tertiary alicyclic amines) is 1. The molecule has 0 atom stereocenters. The fourth-order valence-electron chi connectivity index (χ4n) is 3.09. The van der Waals surface area contributed by atoms with Crippen molar-refractivity contribution >= 4 is 23.2 Å². The number of nitro groups is 1. The van der Waals surface area contributed by atoms with Crippen LogP contribution in [0, 0.1) is 27.7 Å². The Balaban J connectivity index is 1.58. The van der Waals surface area contributed by atoms with Gasteiger partial charge in [0.25, 0.3) is 5.91 Å². The number of nitrogens with one attached hydrogen (secondary N) is 1. The van der Waals surface area contributed by atoms with Crippen molar-refractivity contribution < 1.29 is 23.3 Å². The highest BCUT2D eigenvalue weighted by molar-refractivity contribution is 5.95. The molecule has 1 saturated heterocycles. The van der Waals surface area contributed by atoms with E-state index in [4.69, 9.17) is 0 Å². The first-order valence-corrected chi connectivity index (χ1v) is 8.65. The maximum atomic E-state index is 13.4. The molecule has 1 N–H and O–H groups in total. The Labute approximate surface area is 159 Å². The van der Waals surface area contributed by atoms with E-state index in [0.29, 0.717) is 31.5 Å². The molecule has 1 heterocycles. The zero-order valence-corrected chi connectivity index (χ0v) is 14.7. The van der Waals surface area contributed by atoms with Crippen LogP contribution < -0.4 is 5.32 Å². The number of amides is 2. The normalized spacial score (nSPS) is 14.6. The lowest BCUT2D eigenvalue weighted by Gasteiger charge is -2.31. The third kappa shape index (κ3) is 4.30. The molecule has 0 spiro atoms. The van der Waals surface area contributed by atoms with Crippen LogP contribution in [0.15, 0.2) is 42.5 Å². The van der Waals surface area contributed by atoms with Gasteiger partial charge in [0, 0.05) is 36.3 Å². The SMILES string of the molecule is O=C(Nc1ccc(F)c([N+](=O)[O-])c1)C1CCN(C(=O)c2ccc(F)cc2)CC1. The van der Waals surface area contributed by atoms with E-state index in [1.165, 1.54) is 30.3 Å². The first kappa shape index (κ1) is 19.4. The summed E-state index contributed by atoms with van der Waals surface area (Å²) in [7, 11) is 0. The van der Waals surface area contributed by atoms with Crippen LogP contribution in [0.1, 0.15) is 23.2 Å². The van der Waals surface area contributed by atoms with Gasteiger partial charge in [-0.15, -0.1) is 0 Å². The fraction of sp³-hybridized carbons (Fsp3) is 0.263. The summed E-state index contributed by atoms with van der Waals surface area (Å²) in [5.41, 5.74) is -0.191. The molecule has 28 heavy (non-hydrogen) atoms. The number of benzene rings is 2. The Kier molecular flexibility index (Phi) is 5.62. The molecule has 0 bridgehead atoms. The summed E-state index contributed by atoms with van der Waals surface area (Å²) in [5.74, 6) is -2.34. The van der Waals surface area contributed by atoms with Crippen molar-refractivity contribution in [3.63, 3.8) is 0 Å². The molecule has 0 radical (unpaired) electrons. The van der Waals surface area contributed by atoms with Crippen molar-refractivity contribution in [2.24, 2.45) is 5.92 Å². The van der Waals surface area contributed by atoms with Gasteiger partial charge in [-0.1, -0.05) is 0 Å². The third-order valence-corrected chi connectivity index (χ3v) is 4.65. The summed E-state index contributed by atoms with van der Waals surface area (Å²) in [6.07, 6.45) is 0.837. The van der Waals surface area contributed by atoms with E-state index in [9.17, 15) is 28.5 Å². The van der Waals surface area contributed by atoms with Crippen LogP contribution in [-0.2, 0) is 4.79 Å². The number of nitro benzene ring substituents is 1. The number of hydrogen-bond donors (Lipinski definition) is 1. The molecule has 9 heteroatoms. The summed E-state index contributed by atoms with van der Waals surface area (Å²) in [6.45, 7) is 0.718. The van der Waals surface area contributed by atoms with Crippen LogP contribution in [0.5, 0.6) is 0 Å². The summed E-state index contributed by atoms with van der Waals surface area (Å²) >= 11 is 0. The van der Waals surface area contributed by atoms with E-state index in [1.807, 2.05) is 0 Å². The number of halogens is 2. The number of anilines is 1. The van der Waals surface area contributed by atoms with E-state index >= 15 is 0 Å². The van der Waals surface area contributed by atoms with E-state index in [-0.39, 0.29) is 23.4 Å². The van der Waals surface area contributed by atoms with Gasteiger partial charge in [0.15, 0.2) is 0 Å². The molecule has 0 aromatic heterocycles. The molecular formula is C19H17F2N3O4. The summed E-state index contributed by atoms with van der Waals surface area (Å²) in [6, 6.07) is 8.42. The lowest BCUT2D eigenvalue weighted by atomic mass is 9.95. The van der Waals surface area contributed by atoms with Gasteiger partial charge in [0.1, 0.15) is 5.82 Å². The Bertz CT molecular complexity index is 910. The maximum Gasteiger partial charge on any atom is 0.306 e. The molecule has 1 aliphatic heterocycles. The number of nitrogens with zero attached hydrogens (tertiary/aromatic N) is 2. The number of piperidine rings is 1. The minimum absolute atomic E-state index is 0.142. The van der Waals surface area contributed by atoms with Crippen molar-refractivity contribution in [3.8, 4) is 0 Å². The Hall–Kier alpha value is -3.36. The Morgan fingerprint density at radius 1 is 1.07 bits per heavy atom. The fourth-order valence-corrected chi connectivity index (χ4v) is 3.09. The number of carbonyl (C=O) groups is 2. The number of rotatable bonds is 4. The molecule has 1 aliphatic rings. The topological polar surface area (TPSA) is 92.5 Å². The minimum Gasteiger partial charge on any atom is -0.339 e. The van der Waals surface area contributed by atoms with Crippen LogP contribution in [0.3, 0.4) is 0 Å². The molecule has 2 amide bonds. The lowest BCUT2D eigenvalue weighted by Crippen LogP contribution is -2.41. The average Bonchev–Trinajstić information content (AvgIpc) is 2.69.